The molecule has 0 saturated heterocycles. The number of methoxy groups -OCH3 is 1. The smallest absolute Gasteiger partial charge is 0.250 e. The third-order valence-electron chi connectivity index (χ3n) is 4.98. The summed E-state index contributed by atoms with van der Waals surface area (Å²) in [5.41, 5.74) is 6.02. The number of carbonyl (C=O) groups excluding carboxylic acids is 1. The van der Waals surface area contributed by atoms with Gasteiger partial charge in [-0.25, -0.2) is 5.43 Å². The molecule has 0 radical (unpaired) electrons. The van der Waals surface area contributed by atoms with E-state index in [-0.39, 0.29) is 11.7 Å². The van der Waals surface area contributed by atoms with Crippen LogP contribution in [0.4, 0.5) is 0 Å². The molecule has 0 saturated carbocycles. The Balaban J connectivity index is 1.52. The van der Waals surface area contributed by atoms with Crippen LogP contribution >= 0.6 is 35.0 Å². The normalized spacial score (nSPS) is 11.1. The van der Waals surface area contributed by atoms with Crippen LogP contribution < -0.4 is 10.2 Å². The molecule has 0 aliphatic rings. The second-order valence-corrected chi connectivity index (χ2v) is 9.16. The van der Waals surface area contributed by atoms with Gasteiger partial charge in [0.05, 0.1) is 29.1 Å². The topological polar surface area (TPSA) is 81.4 Å². The lowest BCUT2D eigenvalue weighted by molar-refractivity contribution is -0.118. The highest BCUT2D eigenvalue weighted by atomic mass is 35.5. The Morgan fingerprint density at radius 3 is 2.54 bits per heavy atom. The summed E-state index contributed by atoms with van der Waals surface area (Å²) < 4.78 is 7.19. The number of thioether (sulfide) groups is 1. The Morgan fingerprint density at radius 1 is 1.09 bits per heavy atom. The minimum Gasteiger partial charge on any atom is -0.497 e. The maximum atomic E-state index is 12.4. The monoisotopic (exact) mass is 525 g/mol. The summed E-state index contributed by atoms with van der Waals surface area (Å²) in [6.45, 7) is 2.03. The van der Waals surface area contributed by atoms with Crippen molar-refractivity contribution in [3.63, 3.8) is 0 Å². The highest BCUT2D eigenvalue weighted by molar-refractivity contribution is 7.99. The molecule has 7 nitrogen and oxygen atoms in total. The van der Waals surface area contributed by atoms with Crippen molar-refractivity contribution >= 4 is 47.1 Å². The zero-order valence-electron chi connectivity index (χ0n) is 18.9. The second kappa shape index (κ2) is 11.4. The van der Waals surface area contributed by atoms with E-state index in [2.05, 4.69) is 20.7 Å². The molecule has 1 amide bonds. The lowest BCUT2D eigenvalue weighted by atomic mass is 10.1. The van der Waals surface area contributed by atoms with Crippen molar-refractivity contribution in [1.29, 1.82) is 0 Å². The molecular weight excluding hydrogens is 505 g/mol. The van der Waals surface area contributed by atoms with E-state index in [1.807, 2.05) is 60.0 Å². The van der Waals surface area contributed by atoms with Crippen LogP contribution in [0, 0.1) is 6.92 Å². The fraction of sp³-hybridized carbons (Fsp3) is 0.120. The Bertz CT molecular complexity index is 1360. The molecule has 178 valence electrons. The average molecular weight is 526 g/mol. The molecule has 0 bridgehead atoms. The molecule has 0 spiro atoms. The van der Waals surface area contributed by atoms with E-state index < -0.39 is 0 Å². The summed E-state index contributed by atoms with van der Waals surface area (Å²) in [5, 5.41) is 14.1. The fourth-order valence-electron chi connectivity index (χ4n) is 3.17. The predicted octanol–water partition coefficient (Wildman–Crippen LogP) is 5.80. The summed E-state index contributed by atoms with van der Waals surface area (Å²) in [6, 6.07) is 20.8. The van der Waals surface area contributed by atoms with E-state index in [0.717, 1.165) is 22.6 Å². The van der Waals surface area contributed by atoms with Crippen molar-refractivity contribution < 1.29 is 9.53 Å². The maximum Gasteiger partial charge on any atom is 0.250 e. The Labute approximate surface area is 217 Å². The van der Waals surface area contributed by atoms with Crippen LogP contribution in [-0.4, -0.2) is 39.7 Å². The van der Waals surface area contributed by atoms with Crippen molar-refractivity contribution in [3.05, 3.63) is 87.9 Å². The van der Waals surface area contributed by atoms with E-state index >= 15 is 0 Å². The minimum atomic E-state index is -0.300. The van der Waals surface area contributed by atoms with Crippen molar-refractivity contribution in [2.45, 2.75) is 12.1 Å². The number of ether oxygens (including phenoxy) is 1. The number of rotatable bonds is 8. The molecule has 1 N–H and O–H groups in total. The van der Waals surface area contributed by atoms with Crippen LogP contribution in [0.25, 0.3) is 17.1 Å². The number of nitrogens with one attached hydrogen (secondary N) is 1. The van der Waals surface area contributed by atoms with Gasteiger partial charge in [-0.15, -0.1) is 10.2 Å². The molecule has 0 unspecified atom stereocenters. The molecule has 1 aromatic heterocycles. The first-order valence-corrected chi connectivity index (χ1v) is 12.3. The molecule has 0 aliphatic carbocycles. The summed E-state index contributed by atoms with van der Waals surface area (Å²) in [4.78, 5) is 12.4. The van der Waals surface area contributed by atoms with Gasteiger partial charge in [-0.05, 0) is 37.3 Å². The number of halogens is 2. The highest BCUT2D eigenvalue weighted by Crippen LogP contribution is 2.29. The van der Waals surface area contributed by atoms with Gasteiger partial charge in [0.2, 0.25) is 0 Å². The van der Waals surface area contributed by atoms with Gasteiger partial charge in [-0.1, -0.05) is 76.9 Å². The number of hydrogen-bond donors (Lipinski definition) is 1. The number of hydrazone groups is 1. The van der Waals surface area contributed by atoms with Crippen molar-refractivity contribution in [2.75, 3.05) is 12.9 Å². The molecule has 4 rings (SSSR count). The maximum absolute atomic E-state index is 12.4. The van der Waals surface area contributed by atoms with Crippen LogP contribution in [-0.2, 0) is 4.79 Å². The number of amides is 1. The molecule has 0 fully saturated rings. The molecule has 35 heavy (non-hydrogen) atoms. The van der Waals surface area contributed by atoms with Crippen molar-refractivity contribution in [3.8, 4) is 22.8 Å². The number of carbonyl (C=O) groups is 1. The number of nitrogens with zero attached hydrogens (tertiary/aromatic N) is 4. The van der Waals surface area contributed by atoms with Crippen LogP contribution in [0.1, 0.15) is 11.1 Å². The second-order valence-electron chi connectivity index (χ2n) is 7.43. The first-order chi connectivity index (χ1) is 17.0. The van der Waals surface area contributed by atoms with Gasteiger partial charge in [0.15, 0.2) is 11.0 Å². The van der Waals surface area contributed by atoms with Crippen LogP contribution in [0.3, 0.4) is 0 Å². The molecule has 0 atom stereocenters. The van der Waals surface area contributed by atoms with Gasteiger partial charge < -0.3 is 4.74 Å². The lowest BCUT2D eigenvalue weighted by Crippen LogP contribution is -2.20. The van der Waals surface area contributed by atoms with Crippen LogP contribution in [0.2, 0.25) is 10.0 Å². The summed E-state index contributed by atoms with van der Waals surface area (Å²) >= 11 is 13.4. The Morgan fingerprint density at radius 2 is 1.83 bits per heavy atom. The molecule has 4 aromatic rings. The van der Waals surface area contributed by atoms with Gasteiger partial charge in [0.25, 0.3) is 5.91 Å². The van der Waals surface area contributed by atoms with Gasteiger partial charge in [-0.3, -0.25) is 9.36 Å². The molecular formula is C25H21Cl2N5O2S. The van der Waals surface area contributed by atoms with Crippen LogP contribution in [0.5, 0.6) is 5.75 Å². The minimum absolute atomic E-state index is 0.0861. The van der Waals surface area contributed by atoms with Crippen LogP contribution in [0.15, 0.2) is 77.0 Å². The van der Waals surface area contributed by atoms with E-state index in [1.165, 1.54) is 18.0 Å². The third kappa shape index (κ3) is 6.03. The highest BCUT2D eigenvalue weighted by Gasteiger charge is 2.17. The zero-order valence-corrected chi connectivity index (χ0v) is 21.2. The first-order valence-electron chi connectivity index (χ1n) is 10.5. The van der Waals surface area contributed by atoms with E-state index in [9.17, 15) is 4.79 Å². The number of benzene rings is 3. The summed E-state index contributed by atoms with van der Waals surface area (Å²) in [6.07, 6.45) is 1.45. The molecule has 1 heterocycles. The Kier molecular flexibility index (Phi) is 8.07. The number of hydrogen-bond acceptors (Lipinski definition) is 6. The Hall–Kier alpha value is -3.33. The first kappa shape index (κ1) is 24.8. The predicted molar refractivity (Wildman–Crippen MR) is 141 cm³/mol. The van der Waals surface area contributed by atoms with E-state index in [0.29, 0.717) is 26.6 Å². The van der Waals surface area contributed by atoms with Gasteiger partial charge >= 0.3 is 0 Å². The van der Waals surface area contributed by atoms with Gasteiger partial charge in [0.1, 0.15) is 5.75 Å². The molecule has 10 heteroatoms. The molecule has 3 aromatic carbocycles. The van der Waals surface area contributed by atoms with Crippen molar-refractivity contribution in [1.82, 2.24) is 20.2 Å². The lowest BCUT2D eigenvalue weighted by Gasteiger charge is -2.11. The van der Waals surface area contributed by atoms with Gasteiger partial charge in [-0.2, -0.15) is 5.10 Å². The average Bonchev–Trinajstić information content (AvgIpc) is 3.30. The quantitative estimate of drug-likeness (QED) is 0.178. The SMILES string of the molecule is COc1ccc(-n2c(SCC(=O)N/N=C\c3cccc(Cl)c3Cl)nnc2-c2ccc(C)cc2)cc1. The van der Waals surface area contributed by atoms with Crippen molar-refractivity contribution in [2.24, 2.45) is 5.10 Å². The number of aryl methyl sites for hydroxylation is 1. The fourth-order valence-corrected chi connectivity index (χ4v) is 4.27. The van der Waals surface area contributed by atoms with E-state index in [4.69, 9.17) is 27.9 Å². The number of aromatic nitrogens is 3. The standard InChI is InChI=1S/C25H21Cl2N5O2S/c1-16-6-8-17(9-7-16)24-30-31-25(32(24)19-10-12-20(34-2)13-11-19)35-15-22(33)29-28-14-18-4-3-5-21(26)23(18)27/h3-14H,15H2,1-2H3,(H,29,33)/b28-14-. The van der Waals surface area contributed by atoms with Gasteiger partial charge in [0, 0.05) is 16.8 Å². The third-order valence-corrected chi connectivity index (χ3v) is 6.74. The summed E-state index contributed by atoms with van der Waals surface area (Å²) in [7, 11) is 1.62. The zero-order chi connectivity index (χ0) is 24.8. The largest absolute Gasteiger partial charge is 0.497 e. The summed E-state index contributed by atoms with van der Waals surface area (Å²) in [5.74, 6) is 1.20. The molecule has 0 aliphatic heterocycles. The van der Waals surface area contributed by atoms with E-state index in [1.54, 1.807) is 25.3 Å².